The first kappa shape index (κ1) is 19.0. The molecule has 0 radical (unpaired) electrons. The fraction of sp³-hybridized carbons (Fsp3) is 0.118. The van der Waals surface area contributed by atoms with E-state index in [1.54, 1.807) is 43.3 Å². The third kappa shape index (κ3) is 5.35. The van der Waals surface area contributed by atoms with Crippen LogP contribution in [0.1, 0.15) is 19.4 Å². The number of thiocarbonyl (C=S) groups is 1. The second-order valence-electron chi connectivity index (χ2n) is 5.30. The van der Waals surface area contributed by atoms with Crippen molar-refractivity contribution in [3.63, 3.8) is 0 Å². The number of para-hydroxylation sites is 2. The van der Waals surface area contributed by atoms with E-state index in [1.165, 1.54) is 13.0 Å². The Bertz CT molecular complexity index is 882. The number of hydrogen-bond donors (Lipinski definition) is 3. The van der Waals surface area contributed by atoms with Crippen LogP contribution in [0.3, 0.4) is 0 Å². The molecule has 0 unspecified atom stereocenters. The van der Waals surface area contributed by atoms with Crippen molar-refractivity contribution in [3.05, 3.63) is 64.2 Å². The standard InChI is InChI=1S/C17H17N5O3S/c1-11(13-6-5-7-14(10-13)18-12(2)23)20-21-17(26)19-15-8-3-4-9-16(15)22(24)25/h3-10H,1-2H3,(H,18,23)(H2,19,21,26)/b20-11-. The summed E-state index contributed by atoms with van der Waals surface area (Å²) in [6.45, 7) is 3.20. The van der Waals surface area contributed by atoms with Crippen molar-refractivity contribution in [2.45, 2.75) is 13.8 Å². The van der Waals surface area contributed by atoms with Crippen LogP contribution in [0.2, 0.25) is 0 Å². The van der Waals surface area contributed by atoms with Gasteiger partial charge < -0.3 is 10.6 Å². The Balaban J connectivity index is 2.06. The SMILES string of the molecule is CC(=O)Nc1cccc(/C(C)=N\NC(=S)Nc2ccccc2[N+](=O)[O-])c1. The van der Waals surface area contributed by atoms with Gasteiger partial charge in [-0.05, 0) is 42.9 Å². The zero-order chi connectivity index (χ0) is 19.1. The highest BCUT2D eigenvalue weighted by atomic mass is 32.1. The predicted molar refractivity (Wildman–Crippen MR) is 105 cm³/mol. The Labute approximate surface area is 155 Å². The molecule has 8 nitrogen and oxygen atoms in total. The van der Waals surface area contributed by atoms with Gasteiger partial charge in [-0.25, -0.2) is 0 Å². The van der Waals surface area contributed by atoms with Crippen LogP contribution in [0.25, 0.3) is 0 Å². The Hall–Kier alpha value is -3.33. The summed E-state index contributed by atoms with van der Waals surface area (Å²) in [5, 5.41) is 20.7. The number of benzene rings is 2. The molecule has 0 aliphatic rings. The molecule has 0 heterocycles. The lowest BCUT2D eigenvalue weighted by atomic mass is 10.1. The molecule has 0 spiro atoms. The van der Waals surface area contributed by atoms with Gasteiger partial charge in [0.05, 0.1) is 10.6 Å². The van der Waals surface area contributed by atoms with E-state index in [9.17, 15) is 14.9 Å². The van der Waals surface area contributed by atoms with Gasteiger partial charge in [0.15, 0.2) is 5.11 Å². The van der Waals surface area contributed by atoms with Crippen molar-refractivity contribution in [1.29, 1.82) is 0 Å². The van der Waals surface area contributed by atoms with Crippen molar-refractivity contribution < 1.29 is 9.72 Å². The maximum Gasteiger partial charge on any atom is 0.292 e. The van der Waals surface area contributed by atoms with Crippen LogP contribution in [-0.2, 0) is 4.79 Å². The number of nitrogens with one attached hydrogen (secondary N) is 3. The third-order valence-corrected chi connectivity index (χ3v) is 3.47. The average molecular weight is 371 g/mol. The number of nitrogens with zero attached hydrogens (tertiary/aromatic N) is 2. The number of anilines is 2. The summed E-state index contributed by atoms with van der Waals surface area (Å²) in [6.07, 6.45) is 0. The monoisotopic (exact) mass is 371 g/mol. The molecule has 3 N–H and O–H groups in total. The lowest BCUT2D eigenvalue weighted by Gasteiger charge is -2.09. The zero-order valence-corrected chi connectivity index (χ0v) is 15.0. The van der Waals surface area contributed by atoms with E-state index in [1.807, 2.05) is 6.07 Å². The van der Waals surface area contributed by atoms with E-state index in [2.05, 4.69) is 21.2 Å². The Morgan fingerprint density at radius 3 is 2.54 bits per heavy atom. The second-order valence-corrected chi connectivity index (χ2v) is 5.71. The Kier molecular flexibility index (Phi) is 6.34. The van der Waals surface area contributed by atoms with Crippen molar-refractivity contribution in [2.75, 3.05) is 10.6 Å². The fourth-order valence-electron chi connectivity index (χ4n) is 2.11. The first-order chi connectivity index (χ1) is 12.4. The topological polar surface area (TPSA) is 109 Å². The molecule has 2 rings (SSSR count). The van der Waals surface area contributed by atoms with Crippen molar-refractivity contribution in [1.82, 2.24) is 5.43 Å². The largest absolute Gasteiger partial charge is 0.326 e. The van der Waals surface area contributed by atoms with Gasteiger partial charge in [-0.3, -0.25) is 20.3 Å². The van der Waals surface area contributed by atoms with Crippen LogP contribution in [-0.4, -0.2) is 21.7 Å². The minimum absolute atomic E-state index is 0.0830. The number of nitro groups is 1. The average Bonchev–Trinajstić information content (AvgIpc) is 2.59. The molecule has 0 saturated heterocycles. The van der Waals surface area contributed by atoms with Gasteiger partial charge in [0, 0.05) is 18.7 Å². The van der Waals surface area contributed by atoms with E-state index in [4.69, 9.17) is 12.2 Å². The van der Waals surface area contributed by atoms with Gasteiger partial charge in [0.2, 0.25) is 5.91 Å². The van der Waals surface area contributed by atoms with Gasteiger partial charge in [0.1, 0.15) is 5.69 Å². The predicted octanol–water partition coefficient (Wildman–Crippen LogP) is 3.26. The number of rotatable bonds is 5. The summed E-state index contributed by atoms with van der Waals surface area (Å²) in [5.41, 5.74) is 4.92. The van der Waals surface area contributed by atoms with Gasteiger partial charge in [-0.2, -0.15) is 5.10 Å². The van der Waals surface area contributed by atoms with Gasteiger partial charge in [-0.1, -0.05) is 24.3 Å². The number of hydrazone groups is 1. The lowest BCUT2D eigenvalue weighted by molar-refractivity contribution is -0.383. The quantitative estimate of drug-likeness (QED) is 0.322. The van der Waals surface area contributed by atoms with Gasteiger partial charge in [0.25, 0.3) is 5.69 Å². The molecule has 2 aromatic carbocycles. The molecule has 2 aromatic rings. The molecule has 0 aromatic heterocycles. The highest BCUT2D eigenvalue weighted by Gasteiger charge is 2.13. The van der Waals surface area contributed by atoms with Crippen LogP contribution in [0.4, 0.5) is 17.1 Å². The van der Waals surface area contributed by atoms with E-state index in [-0.39, 0.29) is 22.4 Å². The fourth-order valence-corrected chi connectivity index (χ4v) is 2.27. The molecule has 0 bridgehead atoms. The first-order valence-corrected chi connectivity index (χ1v) is 8.00. The minimum atomic E-state index is -0.493. The Morgan fingerprint density at radius 2 is 1.85 bits per heavy atom. The van der Waals surface area contributed by atoms with Crippen LogP contribution in [0.15, 0.2) is 53.6 Å². The van der Waals surface area contributed by atoms with Crippen molar-refractivity contribution in [2.24, 2.45) is 5.10 Å². The molecule has 0 aliphatic heterocycles. The summed E-state index contributed by atoms with van der Waals surface area (Å²) in [4.78, 5) is 21.6. The number of carbonyl (C=O) groups excluding carboxylic acids is 1. The highest BCUT2D eigenvalue weighted by molar-refractivity contribution is 7.80. The van der Waals surface area contributed by atoms with Crippen LogP contribution in [0.5, 0.6) is 0 Å². The molecule has 9 heteroatoms. The van der Waals surface area contributed by atoms with E-state index in [0.717, 1.165) is 5.56 Å². The molecular formula is C17H17N5O3S. The molecule has 26 heavy (non-hydrogen) atoms. The molecular weight excluding hydrogens is 354 g/mol. The van der Waals surface area contributed by atoms with Gasteiger partial charge in [-0.15, -0.1) is 0 Å². The number of hydrogen-bond acceptors (Lipinski definition) is 5. The summed E-state index contributed by atoms with van der Waals surface area (Å²) in [6, 6.07) is 13.4. The lowest BCUT2D eigenvalue weighted by Crippen LogP contribution is -2.25. The molecule has 134 valence electrons. The third-order valence-electron chi connectivity index (χ3n) is 3.27. The van der Waals surface area contributed by atoms with Gasteiger partial charge >= 0.3 is 0 Å². The zero-order valence-electron chi connectivity index (χ0n) is 14.1. The van der Waals surface area contributed by atoms with Crippen molar-refractivity contribution >= 4 is 46.0 Å². The number of nitro benzene ring substituents is 1. The van der Waals surface area contributed by atoms with Crippen LogP contribution >= 0.6 is 12.2 Å². The van der Waals surface area contributed by atoms with E-state index < -0.39 is 4.92 Å². The molecule has 1 amide bonds. The van der Waals surface area contributed by atoms with E-state index in [0.29, 0.717) is 11.4 Å². The normalized spacial score (nSPS) is 10.8. The summed E-state index contributed by atoms with van der Waals surface area (Å²) >= 11 is 5.12. The maximum atomic E-state index is 11.1. The molecule has 0 atom stereocenters. The molecule has 0 fully saturated rings. The summed E-state index contributed by atoms with van der Waals surface area (Å²) in [7, 11) is 0. The second kappa shape index (κ2) is 8.67. The van der Waals surface area contributed by atoms with E-state index >= 15 is 0 Å². The maximum absolute atomic E-state index is 11.1. The first-order valence-electron chi connectivity index (χ1n) is 7.59. The van der Waals surface area contributed by atoms with Crippen molar-refractivity contribution in [3.8, 4) is 0 Å². The molecule has 0 aliphatic carbocycles. The molecule has 0 saturated carbocycles. The van der Waals surface area contributed by atoms with Crippen LogP contribution < -0.4 is 16.1 Å². The number of amides is 1. The smallest absolute Gasteiger partial charge is 0.292 e. The summed E-state index contributed by atoms with van der Waals surface area (Å²) < 4.78 is 0. The van der Waals surface area contributed by atoms with Crippen LogP contribution in [0, 0.1) is 10.1 Å². The summed E-state index contributed by atoms with van der Waals surface area (Å²) in [5.74, 6) is -0.162. The highest BCUT2D eigenvalue weighted by Crippen LogP contribution is 2.22. The number of carbonyl (C=O) groups is 1. The Morgan fingerprint density at radius 1 is 1.12 bits per heavy atom. The minimum Gasteiger partial charge on any atom is -0.326 e.